The number of aryl methyl sites for hydroxylation is 2. The van der Waals surface area contributed by atoms with Gasteiger partial charge in [0.25, 0.3) is 11.9 Å². The molecule has 3 aromatic rings. The lowest BCUT2D eigenvalue weighted by atomic mass is 10.2. The van der Waals surface area contributed by atoms with Crippen molar-refractivity contribution in [2.24, 2.45) is 5.10 Å². The van der Waals surface area contributed by atoms with E-state index >= 15 is 0 Å². The van der Waals surface area contributed by atoms with Crippen molar-refractivity contribution in [2.45, 2.75) is 13.8 Å². The van der Waals surface area contributed by atoms with E-state index in [0.29, 0.717) is 15.6 Å². The first kappa shape index (κ1) is 16.3. The molecule has 0 radical (unpaired) electrons. The number of nitrogens with zero attached hydrogens (tertiary/aromatic N) is 7. The SMILES string of the molecule is Cc1cc(C)n(-c2nnc(N/N=C/c3ccc(Cl)cc3Cl)nn2)n1. The molecule has 0 spiro atoms. The van der Waals surface area contributed by atoms with E-state index in [1.54, 1.807) is 22.9 Å². The summed E-state index contributed by atoms with van der Waals surface area (Å²) in [6.07, 6.45) is 1.52. The standard InChI is InChI=1S/C14H12Cl2N8/c1-8-5-9(2)24(23-8)14-21-19-13(20-22-14)18-17-7-10-3-4-11(15)6-12(10)16/h3-7H,1-2H3,(H,18,19,20)/b17-7+. The van der Waals surface area contributed by atoms with E-state index in [1.807, 2.05) is 19.9 Å². The van der Waals surface area contributed by atoms with Crippen LogP contribution in [0.2, 0.25) is 10.0 Å². The Morgan fingerprint density at radius 1 is 1.08 bits per heavy atom. The number of benzene rings is 1. The maximum atomic E-state index is 6.05. The summed E-state index contributed by atoms with van der Waals surface area (Å²) in [5, 5.41) is 25.1. The van der Waals surface area contributed by atoms with Gasteiger partial charge in [-0.15, -0.1) is 20.4 Å². The fourth-order valence-electron chi connectivity index (χ4n) is 1.95. The van der Waals surface area contributed by atoms with E-state index in [-0.39, 0.29) is 11.9 Å². The Labute approximate surface area is 147 Å². The fraction of sp³-hybridized carbons (Fsp3) is 0.143. The summed E-state index contributed by atoms with van der Waals surface area (Å²) >= 11 is 11.9. The number of nitrogens with one attached hydrogen (secondary N) is 1. The normalized spacial score (nSPS) is 11.2. The Morgan fingerprint density at radius 2 is 1.83 bits per heavy atom. The van der Waals surface area contributed by atoms with Crippen LogP contribution in [0.15, 0.2) is 29.4 Å². The lowest BCUT2D eigenvalue weighted by Gasteiger charge is -2.01. The minimum atomic E-state index is 0.154. The molecular weight excluding hydrogens is 351 g/mol. The number of halogens is 2. The molecule has 0 unspecified atom stereocenters. The van der Waals surface area contributed by atoms with Crippen molar-refractivity contribution in [2.75, 3.05) is 5.43 Å². The van der Waals surface area contributed by atoms with Gasteiger partial charge in [-0.3, -0.25) is 0 Å². The molecule has 0 aliphatic carbocycles. The minimum Gasteiger partial charge on any atom is -0.243 e. The van der Waals surface area contributed by atoms with Crippen LogP contribution >= 0.6 is 23.2 Å². The van der Waals surface area contributed by atoms with Crippen molar-refractivity contribution >= 4 is 35.4 Å². The Morgan fingerprint density at radius 3 is 2.46 bits per heavy atom. The van der Waals surface area contributed by atoms with Gasteiger partial charge in [0.05, 0.1) is 16.9 Å². The van der Waals surface area contributed by atoms with E-state index in [1.165, 1.54) is 6.21 Å². The van der Waals surface area contributed by atoms with Crippen LogP contribution in [0.1, 0.15) is 17.0 Å². The van der Waals surface area contributed by atoms with Crippen LogP contribution in [0.5, 0.6) is 0 Å². The number of hydrogen-bond acceptors (Lipinski definition) is 7. The van der Waals surface area contributed by atoms with E-state index in [9.17, 15) is 0 Å². The summed E-state index contributed by atoms with van der Waals surface area (Å²) in [5.74, 6) is 0.442. The van der Waals surface area contributed by atoms with Gasteiger partial charge < -0.3 is 0 Å². The third kappa shape index (κ3) is 3.66. The third-order valence-electron chi connectivity index (χ3n) is 3.00. The Balaban J connectivity index is 1.70. The molecule has 24 heavy (non-hydrogen) atoms. The zero-order valence-electron chi connectivity index (χ0n) is 12.8. The molecular formula is C14H12Cl2N8. The maximum absolute atomic E-state index is 6.05. The number of hydrazone groups is 1. The van der Waals surface area contributed by atoms with Gasteiger partial charge in [-0.2, -0.15) is 10.2 Å². The van der Waals surface area contributed by atoms with E-state index in [0.717, 1.165) is 11.4 Å². The van der Waals surface area contributed by atoms with Crippen LogP contribution in [0, 0.1) is 13.8 Å². The molecule has 8 nitrogen and oxygen atoms in total. The molecule has 0 saturated heterocycles. The largest absolute Gasteiger partial charge is 0.289 e. The summed E-state index contributed by atoms with van der Waals surface area (Å²) in [5.41, 5.74) is 5.10. The second-order valence-corrected chi connectivity index (χ2v) is 5.74. The van der Waals surface area contributed by atoms with Crippen molar-refractivity contribution in [1.82, 2.24) is 30.2 Å². The van der Waals surface area contributed by atoms with Gasteiger partial charge in [0, 0.05) is 16.3 Å². The molecule has 0 atom stereocenters. The van der Waals surface area contributed by atoms with Crippen LogP contribution in [0.25, 0.3) is 5.95 Å². The number of anilines is 1. The first-order valence-electron chi connectivity index (χ1n) is 6.88. The molecule has 0 aliphatic rings. The number of aromatic nitrogens is 6. The molecule has 2 aromatic heterocycles. The average molecular weight is 363 g/mol. The maximum Gasteiger partial charge on any atom is 0.289 e. The second kappa shape index (κ2) is 6.90. The summed E-state index contributed by atoms with van der Waals surface area (Å²) in [4.78, 5) is 0. The highest BCUT2D eigenvalue weighted by Crippen LogP contribution is 2.19. The van der Waals surface area contributed by atoms with Gasteiger partial charge in [0.1, 0.15) is 0 Å². The smallest absolute Gasteiger partial charge is 0.243 e. The van der Waals surface area contributed by atoms with E-state index in [2.05, 4.69) is 36.0 Å². The van der Waals surface area contributed by atoms with Crippen molar-refractivity contribution in [1.29, 1.82) is 0 Å². The van der Waals surface area contributed by atoms with Crippen LogP contribution < -0.4 is 5.43 Å². The van der Waals surface area contributed by atoms with Gasteiger partial charge in [-0.25, -0.2) is 10.1 Å². The highest BCUT2D eigenvalue weighted by atomic mass is 35.5. The zero-order chi connectivity index (χ0) is 17.1. The summed E-state index contributed by atoms with van der Waals surface area (Å²) in [7, 11) is 0. The first-order chi connectivity index (χ1) is 11.5. The predicted molar refractivity (Wildman–Crippen MR) is 91.9 cm³/mol. The van der Waals surface area contributed by atoms with Crippen molar-refractivity contribution in [3.63, 3.8) is 0 Å². The molecule has 0 bridgehead atoms. The molecule has 122 valence electrons. The van der Waals surface area contributed by atoms with Gasteiger partial charge in [0.2, 0.25) is 0 Å². The number of hydrogen-bond donors (Lipinski definition) is 1. The Kier molecular flexibility index (Phi) is 4.68. The third-order valence-corrected chi connectivity index (χ3v) is 3.56. The lowest BCUT2D eigenvalue weighted by Crippen LogP contribution is -2.10. The molecule has 0 aliphatic heterocycles. The first-order valence-corrected chi connectivity index (χ1v) is 7.64. The topological polar surface area (TPSA) is 93.8 Å². The lowest BCUT2D eigenvalue weighted by molar-refractivity contribution is 0.711. The molecule has 2 heterocycles. The van der Waals surface area contributed by atoms with Crippen LogP contribution in [-0.2, 0) is 0 Å². The van der Waals surface area contributed by atoms with E-state index in [4.69, 9.17) is 23.2 Å². The Hall–Kier alpha value is -2.58. The van der Waals surface area contributed by atoms with Gasteiger partial charge in [-0.1, -0.05) is 29.3 Å². The predicted octanol–water partition coefficient (Wildman–Crippen LogP) is 2.82. The average Bonchev–Trinajstić information content (AvgIpc) is 2.89. The van der Waals surface area contributed by atoms with Crippen LogP contribution in [0.4, 0.5) is 5.95 Å². The molecule has 0 fully saturated rings. The van der Waals surface area contributed by atoms with Crippen LogP contribution in [-0.4, -0.2) is 36.4 Å². The highest BCUT2D eigenvalue weighted by Gasteiger charge is 2.08. The molecule has 0 saturated carbocycles. The van der Waals surface area contributed by atoms with Gasteiger partial charge in [-0.05, 0) is 32.0 Å². The van der Waals surface area contributed by atoms with Gasteiger partial charge >= 0.3 is 0 Å². The Bertz CT molecular complexity index is 888. The summed E-state index contributed by atoms with van der Waals surface area (Å²) in [6, 6.07) is 7.01. The molecule has 3 rings (SSSR count). The molecule has 0 amide bonds. The summed E-state index contributed by atoms with van der Waals surface area (Å²) < 4.78 is 1.57. The zero-order valence-corrected chi connectivity index (χ0v) is 14.3. The summed E-state index contributed by atoms with van der Waals surface area (Å²) in [6.45, 7) is 3.78. The molecule has 1 aromatic carbocycles. The minimum absolute atomic E-state index is 0.154. The molecule has 1 N–H and O–H groups in total. The van der Waals surface area contributed by atoms with Gasteiger partial charge in [0.15, 0.2) is 0 Å². The molecule has 10 heteroatoms. The van der Waals surface area contributed by atoms with Crippen LogP contribution in [0.3, 0.4) is 0 Å². The second-order valence-electron chi connectivity index (χ2n) is 4.90. The quantitative estimate of drug-likeness (QED) is 0.566. The highest BCUT2D eigenvalue weighted by molar-refractivity contribution is 6.36. The van der Waals surface area contributed by atoms with Crippen molar-refractivity contribution in [3.05, 3.63) is 51.3 Å². The van der Waals surface area contributed by atoms with Crippen molar-refractivity contribution in [3.8, 4) is 5.95 Å². The number of rotatable bonds is 4. The van der Waals surface area contributed by atoms with E-state index < -0.39 is 0 Å². The monoisotopic (exact) mass is 362 g/mol. The fourth-order valence-corrected chi connectivity index (χ4v) is 2.41. The van der Waals surface area contributed by atoms with Crippen molar-refractivity contribution < 1.29 is 0 Å².